The van der Waals surface area contributed by atoms with Gasteiger partial charge >= 0.3 is 0 Å². The number of hydrogen-bond acceptors (Lipinski definition) is 3. The van der Waals surface area contributed by atoms with Gasteiger partial charge in [0.25, 0.3) is 11.8 Å². The number of imide groups is 1. The minimum absolute atomic E-state index is 0.296. The highest BCUT2D eigenvalue weighted by molar-refractivity contribution is 6.46. The van der Waals surface area contributed by atoms with Crippen molar-refractivity contribution in [3.8, 4) is 0 Å². The van der Waals surface area contributed by atoms with Gasteiger partial charge in [0.15, 0.2) is 0 Å². The fourth-order valence-corrected chi connectivity index (χ4v) is 3.40. The maximum absolute atomic E-state index is 13.4. The number of aryl methyl sites for hydroxylation is 3. The number of benzene rings is 3. The van der Waals surface area contributed by atoms with Gasteiger partial charge in [-0.3, -0.25) is 9.59 Å². The number of nitrogens with one attached hydrogen (secondary N) is 1. The molecule has 0 saturated heterocycles. The third-order valence-corrected chi connectivity index (χ3v) is 5.21. The van der Waals surface area contributed by atoms with Crippen LogP contribution in [0, 0.1) is 20.8 Å². The Morgan fingerprint density at radius 1 is 0.724 bits per heavy atom. The molecule has 0 aliphatic carbocycles. The Morgan fingerprint density at radius 2 is 1.41 bits per heavy atom. The lowest BCUT2D eigenvalue weighted by Gasteiger charge is -2.15. The van der Waals surface area contributed by atoms with E-state index in [1.54, 1.807) is 12.1 Å². The normalized spacial score (nSPS) is 14.0. The lowest BCUT2D eigenvalue weighted by atomic mass is 9.99. The van der Waals surface area contributed by atoms with Gasteiger partial charge in [-0.05, 0) is 61.7 Å². The fourth-order valence-electron chi connectivity index (χ4n) is 3.40. The third kappa shape index (κ3) is 3.45. The maximum atomic E-state index is 13.4. The molecule has 4 rings (SSSR count). The van der Waals surface area contributed by atoms with E-state index in [0.717, 1.165) is 27.9 Å². The molecule has 144 valence electrons. The molecule has 4 heteroatoms. The van der Waals surface area contributed by atoms with E-state index in [0.29, 0.717) is 17.0 Å². The van der Waals surface area contributed by atoms with Crippen molar-refractivity contribution in [2.45, 2.75) is 20.8 Å². The van der Waals surface area contributed by atoms with Crippen molar-refractivity contribution in [1.29, 1.82) is 0 Å². The third-order valence-electron chi connectivity index (χ3n) is 5.21. The number of carbonyl (C=O) groups is 2. The highest BCUT2D eigenvalue weighted by Gasteiger charge is 2.40. The lowest BCUT2D eigenvalue weighted by molar-refractivity contribution is -0.120. The molecule has 1 aliphatic rings. The van der Waals surface area contributed by atoms with Crippen molar-refractivity contribution in [3.05, 3.63) is 101 Å². The summed E-state index contributed by atoms with van der Waals surface area (Å²) in [6.07, 6.45) is 0. The van der Waals surface area contributed by atoms with Crippen LogP contribution in [-0.2, 0) is 9.59 Å². The van der Waals surface area contributed by atoms with Crippen LogP contribution in [-0.4, -0.2) is 11.8 Å². The average molecular weight is 382 g/mol. The molecule has 1 N–H and O–H groups in total. The molecular formula is C25H22N2O2. The lowest BCUT2D eigenvalue weighted by Crippen LogP contribution is -2.32. The number of carbonyl (C=O) groups excluding carboxylic acids is 2. The molecule has 1 aliphatic heterocycles. The van der Waals surface area contributed by atoms with E-state index in [2.05, 4.69) is 5.32 Å². The Labute approximate surface area is 170 Å². The van der Waals surface area contributed by atoms with E-state index in [1.807, 2.05) is 81.4 Å². The van der Waals surface area contributed by atoms with Crippen LogP contribution in [0.5, 0.6) is 0 Å². The number of rotatable bonds is 4. The summed E-state index contributed by atoms with van der Waals surface area (Å²) in [5.74, 6) is -0.670. The van der Waals surface area contributed by atoms with Gasteiger partial charge in [-0.2, -0.15) is 0 Å². The molecule has 0 fully saturated rings. The summed E-state index contributed by atoms with van der Waals surface area (Å²) >= 11 is 0. The van der Waals surface area contributed by atoms with E-state index in [-0.39, 0.29) is 11.8 Å². The molecule has 0 radical (unpaired) electrons. The fraction of sp³-hybridized carbons (Fsp3) is 0.120. The molecular weight excluding hydrogens is 360 g/mol. The molecule has 0 aromatic heterocycles. The van der Waals surface area contributed by atoms with Gasteiger partial charge < -0.3 is 5.32 Å². The minimum atomic E-state index is -0.351. The van der Waals surface area contributed by atoms with E-state index in [1.165, 1.54) is 4.90 Å². The molecule has 0 spiro atoms. The highest BCUT2D eigenvalue weighted by Crippen LogP contribution is 2.34. The van der Waals surface area contributed by atoms with Crippen molar-refractivity contribution in [1.82, 2.24) is 0 Å². The summed E-state index contributed by atoms with van der Waals surface area (Å²) in [5, 5.41) is 3.18. The summed E-state index contributed by atoms with van der Waals surface area (Å²) in [4.78, 5) is 28.0. The summed E-state index contributed by atoms with van der Waals surface area (Å²) < 4.78 is 0. The Morgan fingerprint density at radius 3 is 2.07 bits per heavy atom. The van der Waals surface area contributed by atoms with Crippen molar-refractivity contribution >= 4 is 28.8 Å². The maximum Gasteiger partial charge on any atom is 0.282 e. The number of hydrogen-bond donors (Lipinski definition) is 1. The zero-order chi connectivity index (χ0) is 20.5. The molecule has 4 nitrogen and oxygen atoms in total. The first-order valence-corrected chi connectivity index (χ1v) is 9.55. The van der Waals surface area contributed by atoms with Gasteiger partial charge in [-0.25, -0.2) is 4.90 Å². The smallest absolute Gasteiger partial charge is 0.282 e. The number of anilines is 2. The molecule has 0 saturated carbocycles. The van der Waals surface area contributed by atoms with Crippen LogP contribution < -0.4 is 10.2 Å². The van der Waals surface area contributed by atoms with Crippen molar-refractivity contribution in [2.24, 2.45) is 0 Å². The Balaban J connectivity index is 1.84. The molecule has 2 amide bonds. The largest absolute Gasteiger partial charge is 0.350 e. The zero-order valence-electron chi connectivity index (χ0n) is 16.7. The number of para-hydroxylation sites is 1. The van der Waals surface area contributed by atoms with Crippen LogP contribution in [0.4, 0.5) is 11.4 Å². The topological polar surface area (TPSA) is 49.4 Å². The van der Waals surface area contributed by atoms with E-state index < -0.39 is 0 Å². The molecule has 0 bridgehead atoms. The Hall–Kier alpha value is -3.66. The van der Waals surface area contributed by atoms with Crippen molar-refractivity contribution < 1.29 is 9.59 Å². The van der Waals surface area contributed by atoms with Gasteiger partial charge in [0, 0.05) is 5.69 Å². The van der Waals surface area contributed by atoms with Crippen molar-refractivity contribution in [3.63, 3.8) is 0 Å². The molecule has 3 aromatic carbocycles. The van der Waals surface area contributed by atoms with Crippen LogP contribution in [0.1, 0.15) is 22.3 Å². The second-order valence-corrected chi connectivity index (χ2v) is 7.32. The van der Waals surface area contributed by atoms with Crippen molar-refractivity contribution in [2.75, 3.05) is 10.2 Å². The van der Waals surface area contributed by atoms with Gasteiger partial charge in [-0.1, -0.05) is 54.1 Å². The summed E-state index contributed by atoms with van der Waals surface area (Å²) in [7, 11) is 0. The summed E-state index contributed by atoms with van der Waals surface area (Å²) in [6, 6.07) is 22.7. The van der Waals surface area contributed by atoms with Crippen LogP contribution >= 0.6 is 0 Å². The standard InChI is InChI=1S/C25H22N2O2/c1-16-9-13-21(14-10-16)27-24(28)22(19-12-11-17(2)18(3)15-19)23(25(27)29)26-20-7-5-4-6-8-20/h4-15,26H,1-3H3. The second-order valence-electron chi connectivity index (χ2n) is 7.32. The Bertz CT molecular complexity index is 1130. The molecule has 1 heterocycles. The highest BCUT2D eigenvalue weighted by atomic mass is 16.2. The zero-order valence-corrected chi connectivity index (χ0v) is 16.7. The van der Waals surface area contributed by atoms with Gasteiger partial charge in [0.2, 0.25) is 0 Å². The number of amides is 2. The predicted octanol–water partition coefficient (Wildman–Crippen LogP) is 5.01. The average Bonchev–Trinajstić information content (AvgIpc) is 2.96. The first-order chi connectivity index (χ1) is 14.0. The first kappa shape index (κ1) is 18.7. The van der Waals surface area contributed by atoms with E-state index in [9.17, 15) is 9.59 Å². The molecule has 0 unspecified atom stereocenters. The summed E-state index contributed by atoms with van der Waals surface area (Å²) in [5.41, 5.74) is 6.03. The quantitative estimate of drug-likeness (QED) is 0.646. The van der Waals surface area contributed by atoms with Crippen LogP contribution in [0.25, 0.3) is 5.57 Å². The first-order valence-electron chi connectivity index (χ1n) is 9.55. The monoisotopic (exact) mass is 382 g/mol. The SMILES string of the molecule is Cc1ccc(N2C(=O)C(Nc3ccccc3)=C(c3ccc(C)c(C)c3)C2=O)cc1. The van der Waals surface area contributed by atoms with Gasteiger partial charge in [-0.15, -0.1) is 0 Å². The molecule has 0 atom stereocenters. The number of nitrogens with zero attached hydrogens (tertiary/aromatic N) is 1. The molecule has 3 aromatic rings. The van der Waals surface area contributed by atoms with Gasteiger partial charge in [0.1, 0.15) is 5.70 Å². The predicted molar refractivity (Wildman–Crippen MR) is 117 cm³/mol. The minimum Gasteiger partial charge on any atom is -0.350 e. The van der Waals surface area contributed by atoms with Crippen LogP contribution in [0.2, 0.25) is 0 Å². The molecule has 29 heavy (non-hydrogen) atoms. The summed E-state index contributed by atoms with van der Waals surface area (Å²) in [6.45, 7) is 6.00. The van der Waals surface area contributed by atoms with Crippen LogP contribution in [0.15, 0.2) is 78.5 Å². The second kappa shape index (κ2) is 7.40. The van der Waals surface area contributed by atoms with E-state index >= 15 is 0 Å². The van der Waals surface area contributed by atoms with Gasteiger partial charge in [0.05, 0.1) is 11.3 Å². The van der Waals surface area contributed by atoms with E-state index in [4.69, 9.17) is 0 Å². The van der Waals surface area contributed by atoms with Crippen LogP contribution in [0.3, 0.4) is 0 Å². The Kier molecular flexibility index (Phi) is 4.77.